The Balaban J connectivity index is 1.32. The van der Waals surface area contributed by atoms with Crippen LogP contribution in [0.2, 0.25) is 0 Å². The number of fused-ring (bicyclic) bond motifs is 3. The van der Waals surface area contributed by atoms with E-state index in [0.29, 0.717) is 30.1 Å². The summed E-state index contributed by atoms with van der Waals surface area (Å²) >= 11 is 0. The quantitative estimate of drug-likeness (QED) is 0.795. The zero-order valence-corrected chi connectivity index (χ0v) is 15.6. The van der Waals surface area contributed by atoms with E-state index < -0.39 is 28.9 Å². The highest BCUT2D eigenvalue weighted by atomic mass is 19.1. The lowest BCUT2D eigenvalue weighted by Crippen LogP contribution is -3.00. The van der Waals surface area contributed by atoms with Crippen LogP contribution in [0, 0.1) is 47.1 Å². The number of benzene rings is 1. The number of halogens is 3. The minimum atomic E-state index is -0.970. The van der Waals surface area contributed by atoms with Gasteiger partial charge in [-0.1, -0.05) is 6.92 Å². The summed E-state index contributed by atoms with van der Waals surface area (Å²) in [7, 11) is 0. The maximum absolute atomic E-state index is 15.0. The van der Waals surface area contributed by atoms with Crippen LogP contribution in [0.1, 0.15) is 37.7 Å². The van der Waals surface area contributed by atoms with Crippen molar-refractivity contribution in [1.29, 1.82) is 0 Å². The molecule has 4 saturated carbocycles. The van der Waals surface area contributed by atoms with Gasteiger partial charge in [0.15, 0.2) is 0 Å². The van der Waals surface area contributed by atoms with Gasteiger partial charge in [-0.15, -0.1) is 0 Å². The Bertz CT molecular complexity index is 1100. The van der Waals surface area contributed by atoms with Gasteiger partial charge in [-0.3, -0.25) is 4.57 Å². The van der Waals surface area contributed by atoms with Crippen molar-refractivity contribution < 1.29 is 13.2 Å². The first-order chi connectivity index (χ1) is 13.3. The van der Waals surface area contributed by atoms with E-state index in [0.717, 1.165) is 6.07 Å². The largest absolute Gasteiger partial charge is 0.347 e. The molecule has 5 unspecified atom stereocenters. The molecule has 0 radical (unpaired) electrons. The van der Waals surface area contributed by atoms with E-state index in [-0.39, 0.29) is 35.3 Å². The van der Waals surface area contributed by atoms with Gasteiger partial charge in [0.25, 0.3) is 0 Å². The summed E-state index contributed by atoms with van der Waals surface area (Å²) in [5.41, 5.74) is -1.16. The van der Waals surface area contributed by atoms with Gasteiger partial charge in [0.1, 0.15) is 23.1 Å². The van der Waals surface area contributed by atoms with Crippen molar-refractivity contribution in [2.24, 2.45) is 35.5 Å². The second-order valence-corrected chi connectivity index (χ2v) is 9.78. The van der Waals surface area contributed by atoms with Crippen LogP contribution in [0.4, 0.5) is 13.2 Å². The van der Waals surface area contributed by atoms with Gasteiger partial charge in [-0.2, -0.15) is 5.10 Å². The molecule has 7 heteroatoms. The highest BCUT2D eigenvalue weighted by molar-refractivity contribution is 5.45. The second kappa shape index (κ2) is 4.26. The van der Waals surface area contributed by atoms with E-state index in [1.165, 1.54) is 12.1 Å². The van der Waals surface area contributed by atoms with Crippen molar-refractivity contribution in [2.45, 2.75) is 43.9 Å². The minimum absolute atomic E-state index is 0.0500. The third-order valence-corrected chi connectivity index (χ3v) is 9.12. The molecule has 2 heterocycles. The van der Waals surface area contributed by atoms with Crippen molar-refractivity contribution in [2.75, 3.05) is 0 Å². The number of rotatable bonds is 2. The third kappa shape index (κ3) is 1.29. The van der Waals surface area contributed by atoms with Crippen molar-refractivity contribution in [3.05, 3.63) is 51.7 Å². The summed E-state index contributed by atoms with van der Waals surface area (Å²) in [6.45, 7) is 4.19. The molecule has 7 rings (SSSR count). The number of nitrogens with zero attached hydrogens (tertiary/aromatic N) is 3. The van der Waals surface area contributed by atoms with Crippen LogP contribution in [-0.2, 0) is 12.0 Å². The first-order valence-electron chi connectivity index (χ1n) is 10.2. The first-order valence-corrected chi connectivity index (χ1v) is 10.2. The van der Waals surface area contributed by atoms with E-state index in [9.17, 15) is 18.0 Å². The van der Waals surface area contributed by atoms with E-state index in [1.54, 1.807) is 9.25 Å². The average Bonchev–Trinajstić information content (AvgIpc) is 3.19. The fourth-order valence-electron chi connectivity index (χ4n) is 8.30. The van der Waals surface area contributed by atoms with Crippen molar-refractivity contribution >= 4 is 0 Å². The molecule has 0 bridgehead atoms. The van der Waals surface area contributed by atoms with E-state index in [2.05, 4.69) is 18.9 Å². The van der Waals surface area contributed by atoms with Crippen LogP contribution < -0.4 is 5.69 Å². The maximum Gasteiger partial charge on any atom is 0.347 e. The fourth-order valence-corrected chi connectivity index (χ4v) is 8.30. The summed E-state index contributed by atoms with van der Waals surface area (Å²) in [5.74, 6) is 0.331. The smallest absolute Gasteiger partial charge is 0.271 e. The van der Waals surface area contributed by atoms with Crippen molar-refractivity contribution in [3.63, 3.8) is 0 Å². The molecular formula is C21H20F3N3O. The molecule has 28 heavy (non-hydrogen) atoms. The maximum atomic E-state index is 15.0. The molecule has 1 aromatic heterocycles. The normalized spacial score (nSPS) is 48.7. The first kappa shape index (κ1) is 15.8. The molecule has 0 N–H and O–H groups in total. The summed E-state index contributed by atoms with van der Waals surface area (Å²) in [5, 5.41) is 4.66. The van der Waals surface area contributed by atoms with Gasteiger partial charge in [0.05, 0.1) is 11.6 Å². The highest BCUT2D eigenvalue weighted by Gasteiger charge is 2.98. The SMILES string of the molecule is CC1C2C3C4C(C1C24F)C3(C)n1nc2n(c1=O)C(c1cc(F)cc(F)c1)CC2. The average molecular weight is 387 g/mol. The summed E-state index contributed by atoms with van der Waals surface area (Å²) < 4.78 is 45.6. The van der Waals surface area contributed by atoms with Crippen LogP contribution >= 0.6 is 0 Å². The zero-order chi connectivity index (χ0) is 19.3. The van der Waals surface area contributed by atoms with Crippen LogP contribution in [0.3, 0.4) is 0 Å². The summed E-state index contributed by atoms with van der Waals surface area (Å²) in [4.78, 5) is 13.4. The molecule has 1 aliphatic heterocycles. The van der Waals surface area contributed by atoms with Gasteiger partial charge in [0, 0.05) is 30.2 Å². The second-order valence-electron chi connectivity index (χ2n) is 9.78. The molecule has 0 spiro atoms. The Morgan fingerprint density at radius 2 is 1.71 bits per heavy atom. The monoisotopic (exact) mass is 387 g/mol. The molecule has 146 valence electrons. The molecule has 0 saturated heterocycles. The van der Waals surface area contributed by atoms with Gasteiger partial charge in [0.2, 0.25) is 0 Å². The highest BCUT2D eigenvalue weighted by Crippen LogP contribution is 2.93. The van der Waals surface area contributed by atoms with Gasteiger partial charge in [-0.05, 0) is 48.8 Å². The van der Waals surface area contributed by atoms with E-state index >= 15 is 0 Å². The summed E-state index contributed by atoms with van der Waals surface area (Å²) in [6.07, 6.45) is 1.19. The molecule has 2 aromatic rings. The van der Waals surface area contributed by atoms with E-state index in [4.69, 9.17) is 0 Å². The van der Waals surface area contributed by atoms with Gasteiger partial charge >= 0.3 is 5.69 Å². The molecule has 5 aliphatic rings. The lowest BCUT2D eigenvalue weighted by Gasteiger charge is -2.94. The number of alkyl halides is 1. The lowest BCUT2D eigenvalue weighted by atomic mass is 9.11. The van der Waals surface area contributed by atoms with E-state index in [1.807, 2.05) is 0 Å². The molecule has 0 amide bonds. The Kier molecular flexibility index (Phi) is 2.41. The molecule has 4 nitrogen and oxygen atoms in total. The number of hydrogen-bond acceptors (Lipinski definition) is 2. The van der Waals surface area contributed by atoms with Crippen molar-refractivity contribution in [3.8, 4) is 0 Å². The van der Waals surface area contributed by atoms with Gasteiger partial charge < -0.3 is 0 Å². The molecule has 1 aromatic carbocycles. The van der Waals surface area contributed by atoms with Crippen LogP contribution in [0.5, 0.6) is 0 Å². The molecular weight excluding hydrogens is 367 g/mol. The summed E-state index contributed by atoms with van der Waals surface area (Å²) in [6, 6.07) is 3.02. The Hall–Kier alpha value is -2.05. The Morgan fingerprint density at radius 1 is 1.07 bits per heavy atom. The predicted octanol–water partition coefficient (Wildman–Crippen LogP) is 3.05. The minimum Gasteiger partial charge on any atom is -0.271 e. The zero-order valence-electron chi connectivity index (χ0n) is 15.6. The topological polar surface area (TPSA) is 39.8 Å². The van der Waals surface area contributed by atoms with Gasteiger partial charge in [-0.25, -0.2) is 22.6 Å². The van der Waals surface area contributed by atoms with Crippen LogP contribution in [0.25, 0.3) is 0 Å². The predicted molar refractivity (Wildman–Crippen MR) is 93.4 cm³/mol. The fraction of sp³-hybridized carbons (Fsp3) is 0.619. The number of aromatic nitrogens is 3. The Morgan fingerprint density at radius 3 is 2.32 bits per heavy atom. The number of aryl methyl sites for hydroxylation is 1. The number of hydrogen-bond donors (Lipinski definition) is 0. The third-order valence-electron chi connectivity index (χ3n) is 9.12. The molecule has 4 aliphatic carbocycles. The Labute approximate surface area is 159 Å². The molecule has 5 atom stereocenters. The standard InChI is InChI=1S/C21H20F3N3O/c1-8-14-16-18-17(15(8)21(14,18)24)20(16,2)27-19(28)26-12(3-4-13(26)25-27)9-5-10(22)7-11(23)6-9/h5-8,12,14-18H,3-4H2,1-2H3. The van der Waals surface area contributed by atoms with Crippen molar-refractivity contribution in [1.82, 2.24) is 14.3 Å². The van der Waals surface area contributed by atoms with Crippen LogP contribution in [-0.4, -0.2) is 20.0 Å². The lowest BCUT2D eigenvalue weighted by molar-refractivity contribution is -0.508. The molecule has 4 fully saturated rings. The van der Waals surface area contributed by atoms with Crippen LogP contribution in [0.15, 0.2) is 23.0 Å².